The molecule has 3 rings (SSSR count). The van der Waals surface area contributed by atoms with Crippen LogP contribution in [0.1, 0.15) is 52.2 Å². The quantitative estimate of drug-likeness (QED) is 0.444. The molecule has 0 aliphatic heterocycles. The monoisotopic (exact) mass is 441 g/mol. The highest BCUT2D eigenvalue weighted by Crippen LogP contribution is 2.36. The Labute approximate surface area is 186 Å². The standard InChI is InChI=1S/C24H35N3O3Si/c1-7-29-31(6,30-8-2)15-11-12-18-16-19(24(3,4)5)23(28)22(17-18)27-25-20-13-9-10-14-21(20)26-27/h9-10,13-14,16-17,28H,7-8,11-12,15H2,1-6H3. The highest BCUT2D eigenvalue weighted by atomic mass is 28.4. The fourth-order valence-electron chi connectivity index (χ4n) is 3.92. The van der Waals surface area contributed by atoms with E-state index in [9.17, 15) is 5.11 Å². The molecule has 0 amide bonds. The lowest BCUT2D eigenvalue weighted by Crippen LogP contribution is -2.38. The summed E-state index contributed by atoms with van der Waals surface area (Å²) in [7, 11) is -2.14. The molecule has 0 radical (unpaired) electrons. The molecule has 7 heteroatoms. The number of aromatic nitrogens is 3. The van der Waals surface area contributed by atoms with E-state index in [1.165, 1.54) is 0 Å². The van der Waals surface area contributed by atoms with Crippen molar-refractivity contribution in [1.29, 1.82) is 0 Å². The highest BCUT2D eigenvalue weighted by Gasteiger charge is 2.30. The summed E-state index contributed by atoms with van der Waals surface area (Å²) in [5, 5.41) is 20.3. The molecule has 31 heavy (non-hydrogen) atoms. The van der Waals surface area contributed by atoms with E-state index in [1.807, 2.05) is 44.2 Å². The van der Waals surface area contributed by atoms with Crippen LogP contribution >= 0.6 is 0 Å². The Hall–Kier alpha value is -2.22. The first kappa shape index (κ1) is 23.4. The molecular weight excluding hydrogens is 406 g/mol. The van der Waals surface area contributed by atoms with Crippen molar-refractivity contribution >= 4 is 19.6 Å². The van der Waals surface area contributed by atoms with Crippen LogP contribution in [0.25, 0.3) is 16.7 Å². The van der Waals surface area contributed by atoms with Crippen LogP contribution in [-0.4, -0.2) is 41.9 Å². The van der Waals surface area contributed by atoms with Crippen LogP contribution in [0.15, 0.2) is 36.4 Å². The fourth-order valence-corrected chi connectivity index (χ4v) is 6.34. The topological polar surface area (TPSA) is 69.4 Å². The molecule has 2 aromatic carbocycles. The molecule has 6 nitrogen and oxygen atoms in total. The maximum Gasteiger partial charge on any atom is 0.334 e. The fraction of sp³-hybridized carbons (Fsp3) is 0.500. The predicted molar refractivity (Wildman–Crippen MR) is 127 cm³/mol. The SMILES string of the molecule is CCO[Si](C)(CCCc1cc(-n2nc3ccccc3n2)c(O)c(C(C)(C)C)c1)OCC. The van der Waals surface area contributed by atoms with Crippen molar-refractivity contribution in [2.75, 3.05) is 13.2 Å². The van der Waals surface area contributed by atoms with Gasteiger partial charge < -0.3 is 14.0 Å². The van der Waals surface area contributed by atoms with Gasteiger partial charge in [-0.25, -0.2) is 0 Å². The molecule has 0 aliphatic carbocycles. The van der Waals surface area contributed by atoms with Gasteiger partial charge in [0, 0.05) is 18.8 Å². The number of phenolic OH excluding ortho intramolecular Hbond substituents is 1. The van der Waals surface area contributed by atoms with Gasteiger partial charge in [0.2, 0.25) is 0 Å². The lowest BCUT2D eigenvalue weighted by atomic mass is 9.84. The second-order valence-corrected chi connectivity index (χ2v) is 12.4. The van der Waals surface area contributed by atoms with E-state index in [0.29, 0.717) is 18.9 Å². The van der Waals surface area contributed by atoms with E-state index < -0.39 is 8.56 Å². The molecule has 3 aromatic rings. The normalized spacial score (nSPS) is 12.6. The zero-order valence-electron chi connectivity index (χ0n) is 19.6. The van der Waals surface area contributed by atoms with Crippen LogP contribution < -0.4 is 0 Å². The minimum absolute atomic E-state index is 0.207. The van der Waals surface area contributed by atoms with Crippen molar-refractivity contribution < 1.29 is 14.0 Å². The minimum Gasteiger partial charge on any atom is -0.505 e. The summed E-state index contributed by atoms with van der Waals surface area (Å²) < 4.78 is 12.0. The molecular formula is C24H35N3O3Si. The average molecular weight is 442 g/mol. The van der Waals surface area contributed by atoms with Gasteiger partial charge in [0.25, 0.3) is 0 Å². The first-order valence-corrected chi connectivity index (χ1v) is 13.7. The van der Waals surface area contributed by atoms with Crippen LogP contribution in [0.4, 0.5) is 0 Å². The molecule has 0 aliphatic rings. The van der Waals surface area contributed by atoms with Crippen molar-refractivity contribution in [3.63, 3.8) is 0 Å². The first-order chi connectivity index (χ1) is 14.7. The maximum atomic E-state index is 11.1. The van der Waals surface area contributed by atoms with Gasteiger partial charge in [0.05, 0.1) is 0 Å². The van der Waals surface area contributed by atoms with Crippen LogP contribution in [0.2, 0.25) is 12.6 Å². The van der Waals surface area contributed by atoms with Crippen molar-refractivity contribution in [2.24, 2.45) is 0 Å². The van der Waals surface area contributed by atoms with Gasteiger partial charge in [-0.1, -0.05) is 39.0 Å². The number of nitrogens with zero attached hydrogens (tertiary/aromatic N) is 3. The molecule has 1 heterocycles. The number of hydrogen-bond acceptors (Lipinski definition) is 5. The smallest absolute Gasteiger partial charge is 0.334 e. The summed E-state index contributed by atoms with van der Waals surface area (Å²) in [5.41, 5.74) is 4.08. The predicted octanol–water partition coefficient (Wildman–Crippen LogP) is 5.50. The second-order valence-electron chi connectivity index (χ2n) is 9.09. The molecule has 0 fully saturated rings. The summed E-state index contributed by atoms with van der Waals surface area (Å²) >= 11 is 0. The van der Waals surface area contributed by atoms with Crippen LogP contribution in [0, 0.1) is 0 Å². The lowest BCUT2D eigenvalue weighted by molar-refractivity contribution is 0.188. The molecule has 0 saturated carbocycles. The third-order valence-corrected chi connectivity index (χ3v) is 8.52. The Kier molecular flexibility index (Phi) is 7.19. The third-order valence-electron chi connectivity index (χ3n) is 5.46. The molecule has 0 bridgehead atoms. The van der Waals surface area contributed by atoms with Gasteiger partial charge in [-0.2, -0.15) is 0 Å². The van der Waals surface area contributed by atoms with E-state index in [1.54, 1.807) is 4.80 Å². The molecule has 1 aromatic heterocycles. The number of phenols is 1. The molecule has 168 valence electrons. The zero-order chi connectivity index (χ0) is 22.6. The summed E-state index contributed by atoms with van der Waals surface area (Å²) in [6.07, 6.45) is 1.84. The Morgan fingerprint density at radius 2 is 1.58 bits per heavy atom. The zero-order valence-corrected chi connectivity index (χ0v) is 20.6. The summed E-state index contributed by atoms with van der Waals surface area (Å²) in [4.78, 5) is 1.55. The number of benzene rings is 2. The van der Waals surface area contributed by atoms with E-state index in [0.717, 1.165) is 41.0 Å². The van der Waals surface area contributed by atoms with Crippen molar-refractivity contribution in [1.82, 2.24) is 15.0 Å². The van der Waals surface area contributed by atoms with Gasteiger partial charge in [0.1, 0.15) is 22.5 Å². The van der Waals surface area contributed by atoms with Crippen LogP contribution in [0.3, 0.4) is 0 Å². The number of aryl methyl sites for hydroxylation is 1. The Balaban J connectivity index is 1.93. The molecule has 1 N–H and O–H groups in total. The Bertz CT molecular complexity index is 988. The largest absolute Gasteiger partial charge is 0.505 e. The van der Waals surface area contributed by atoms with Crippen LogP contribution in [-0.2, 0) is 20.7 Å². The summed E-state index contributed by atoms with van der Waals surface area (Å²) in [5.74, 6) is 0.236. The maximum absolute atomic E-state index is 11.1. The van der Waals surface area contributed by atoms with Crippen molar-refractivity contribution in [3.8, 4) is 11.4 Å². The van der Waals surface area contributed by atoms with E-state index >= 15 is 0 Å². The van der Waals surface area contributed by atoms with Gasteiger partial charge in [-0.15, -0.1) is 15.0 Å². The first-order valence-electron chi connectivity index (χ1n) is 11.1. The summed E-state index contributed by atoms with van der Waals surface area (Å²) in [6, 6.07) is 12.8. The molecule has 0 unspecified atom stereocenters. The molecule has 0 saturated heterocycles. The number of fused-ring (bicyclic) bond motifs is 1. The van der Waals surface area contributed by atoms with Gasteiger partial charge in [-0.05, 0) is 68.5 Å². The van der Waals surface area contributed by atoms with Gasteiger partial charge in [0.15, 0.2) is 0 Å². The van der Waals surface area contributed by atoms with E-state index in [-0.39, 0.29) is 11.2 Å². The average Bonchev–Trinajstić information content (AvgIpc) is 3.12. The third kappa shape index (κ3) is 5.53. The van der Waals surface area contributed by atoms with Crippen LogP contribution in [0.5, 0.6) is 5.75 Å². The molecule has 0 spiro atoms. The van der Waals surface area contributed by atoms with Crippen molar-refractivity contribution in [2.45, 2.75) is 65.5 Å². The number of rotatable bonds is 9. The van der Waals surface area contributed by atoms with Gasteiger partial charge in [-0.3, -0.25) is 0 Å². The highest BCUT2D eigenvalue weighted by molar-refractivity contribution is 6.66. The van der Waals surface area contributed by atoms with E-state index in [2.05, 4.69) is 43.6 Å². The Morgan fingerprint density at radius 3 is 2.10 bits per heavy atom. The van der Waals surface area contributed by atoms with Gasteiger partial charge >= 0.3 is 8.56 Å². The number of aromatic hydroxyl groups is 1. The minimum atomic E-state index is -2.14. The van der Waals surface area contributed by atoms with Crippen molar-refractivity contribution in [3.05, 3.63) is 47.5 Å². The second kappa shape index (κ2) is 9.50. The molecule has 0 atom stereocenters. The summed E-state index contributed by atoms with van der Waals surface area (Å²) in [6.45, 7) is 13.9. The van der Waals surface area contributed by atoms with E-state index in [4.69, 9.17) is 8.85 Å². The number of hydrogen-bond donors (Lipinski definition) is 1. The lowest BCUT2D eigenvalue weighted by Gasteiger charge is -2.26. The Morgan fingerprint density at radius 1 is 1.00 bits per heavy atom.